The Hall–Kier alpha value is -2.30. The van der Waals surface area contributed by atoms with Gasteiger partial charge in [-0.2, -0.15) is 0 Å². The number of carbonyl (C=O) groups is 2. The van der Waals surface area contributed by atoms with Gasteiger partial charge in [-0.15, -0.1) is 0 Å². The lowest BCUT2D eigenvalue weighted by Crippen LogP contribution is -2.12. The fourth-order valence-electron chi connectivity index (χ4n) is 1.55. The summed E-state index contributed by atoms with van der Waals surface area (Å²) in [6.45, 7) is 3.70. The van der Waals surface area contributed by atoms with Gasteiger partial charge in [-0.05, 0) is 23.8 Å². The quantitative estimate of drug-likeness (QED) is 0.617. The van der Waals surface area contributed by atoms with E-state index in [1.165, 1.54) is 19.3 Å². The van der Waals surface area contributed by atoms with Crippen LogP contribution in [0.25, 0.3) is 6.08 Å². The van der Waals surface area contributed by atoms with Gasteiger partial charge in [0.1, 0.15) is 5.78 Å². The van der Waals surface area contributed by atoms with Crippen LogP contribution in [0.1, 0.15) is 25.8 Å². The molecule has 1 N–H and O–H groups in total. The number of phenols is 1. The highest BCUT2D eigenvalue weighted by molar-refractivity contribution is 5.87. The smallest absolute Gasteiger partial charge is 0.330 e. The minimum absolute atomic E-state index is 0.0319. The molecule has 5 heteroatoms. The predicted octanol–water partition coefficient (Wildman–Crippen LogP) is 2.57. The number of carbonyl (C=O) groups excluding carboxylic acids is 2. The summed E-state index contributed by atoms with van der Waals surface area (Å²) in [4.78, 5) is 22.8. The van der Waals surface area contributed by atoms with Crippen LogP contribution in [0.3, 0.4) is 0 Å². The molecule has 0 amide bonds. The van der Waals surface area contributed by atoms with Crippen molar-refractivity contribution in [3.05, 3.63) is 29.8 Å². The zero-order chi connectivity index (χ0) is 15.8. The molecule has 21 heavy (non-hydrogen) atoms. The van der Waals surface area contributed by atoms with Gasteiger partial charge in [-0.25, -0.2) is 4.79 Å². The molecule has 1 rings (SSSR count). The number of rotatable bonds is 7. The Morgan fingerprint density at radius 3 is 2.67 bits per heavy atom. The Kier molecular flexibility index (Phi) is 6.46. The van der Waals surface area contributed by atoms with Crippen LogP contribution in [0.5, 0.6) is 11.5 Å². The van der Waals surface area contributed by atoms with Crippen molar-refractivity contribution in [1.82, 2.24) is 0 Å². The summed E-state index contributed by atoms with van der Waals surface area (Å²) >= 11 is 0. The van der Waals surface area contributed by atoms with Crippen molar-refractivity contribution in [2.24, 2.45) is 5.92 Å². The number of aromatic hydroxyl groups is 1. The highest BCUT2D eigenvalue weighted by atomic mass is 16.5. The second-order valence-electron chi connectivity index (χ2n) is 4.80. The van der Waals surface area contributed by atoms with Gasteiger partial charge in [0.15, 0.2) is 11.5 Å². The normalized spacial score (nSPS) is 10.9. The zero-order valence-electron chi connectivity index (χ0n) is 12.5. The summed E-state index contributed by atoms with van der Waals surface area (Å²) in [7, 11) is 1.45. The first-order valence-electron chi connectivity index (χ1n) is 6.68. The first-order valence-corrected chi connectivity index (χ1v) is 6.68. The van der Waals surface area contributed by atoms with Crippen LogP contribution >= 0.6 is 0 Å². The summed E-state index contributed by atoms with van der Waals surface area (Å²) in [6, 6.07) is 4.72. The Morgan fingerprint density at radius 1 is 1.33 bits per heavy atom. The van der Waals surface area contributed by atoms with Gasteiger partial charge in [-0.3, -0.25) is 4.79 Å². The summed E-state index contributed by atoms with van der Waals surface area (Å²) in [6.07, 6.45) is 3.05. The summed E-state index contributed by atoms with van der Waals surface area (Å²) in [5.74, 6) is -0.144. The van der Waals surface area contributed by atoms with Crippen LogP contribution in [-0.4, -0.2) is 30.6 Å². The molecule has 0 fully saturated rings. The van der Waals surface area contributed by atoms with E-state index >= 15 is 0 Å². The van der Waals surface area contributed by atoms with E-state index in [2.05, 4.69) is 0 Å². The van der Waals surface area contributed by atoms with Crippen LogP contribution in [-0.2, 0) is 14.3 Å². The minimum atomic E-state index is -0.515. The Balaban J connectivity index is 2.49. The lowest BCUT2D eigenvalue weighted by atomic mass is 10.1. The van der Waals surface area contributed by atoms with Gasteiger partial charge >= 0.3 is 5.97 Å². The van der Waals surface area contributed by atoms with Crippen LogP contribution < -0.4 is 4.74 Å². The highest BCUT2D eigenvalue weighted by Gasteiger charge is 2.08. The molecule has 0 saturated heterocycles. The Bertz CT molecular complexity index is 531. The molecule has 0 unspecified atom stereocenters. The molecule has 0 aliphatic heterocycles. The molecule has 0 heterocycles. The molecule has 0 bridgehead atoms. The van der Waals surface area contributed by atoms with Crippen molar-refractivity contribution in [3.8, 4) is 11.5 Å². The molecule has 5 nitrogen and oxygen atoms in total. The van der Waals surface area contributed by atoms with Crippen LogP contribution in [0.15, 0.2) is 24.3 Å². The van der Waals surface area contributed by atoms with E-state index in [0.717, 1.165) is 0 Å². The predicted molar refractivity (Wildman–Crippen MR) is 79.1 cm³/mol. The third-order valence-electron chi connectivity index (χ3n) is 2.85. The maximum Gasteiger partial charge on any atom is 0.330 e. The lowest BCUT2D eigenvalue weighted by molar-refractivity contribution is -0.138. The third-order valence-corrected chi connectivity index (χ3v) is 2.85. The average Bonchev–Trinajstić information content (AvgIpc) is 2.46. The third kappa shape index (κ3) is 5.69. The van der Waals surface area contributed by atoms with E-state index in [1.807, 2.05) is 13.8 Å². The van der Waals surface area contributed by atoms with Crippen LogP contribution in [0.2, 0.25) is 0 Å². The second-order valence-corrected chi connectivity index (χ2v) is 4.80. The number of phenolic OH excluding ortho intramolecular Hbond substituents is 1. The summed E-state index contributed by atoms with van der Waals surface area (Å²) in [5.41, 5.74) is 0.694. The Labute approximate surface area is 124 Å². The number of benzene rings is 1. The van der Waals surface area contributed by atoms with Crippen molar-refractivity contribution in [1.29, 1.82) is 0 Å². The summed E-state index contributed by atoms with van der Waals surface area (Å²) in [5, 5.41) is 9.45. The number of ketones is 1. The largest absolute Gasteiger partial charge is 0.504 e. The molecule has 0 saturated carbocycles. The van der Waals surface area contributed by atoms with Gasteiger partial charge in [0.2, 0.25) is 0 Å². The maximum absolute atomic E-state index is 11.5. The van der Waals surface area contributed by atoms with Crippen molar-refractivity contribution >= 4 is 17.8 Å². The van der Waals surface area contributed by atoms with E-state index in [-0.39, 0.29) is 30.5 Å². The van der Waals surface area contributed by atoms with Gasteiger partial charge in [0, 0.05) is 18.4 Å². The molecular formula is C16H20O5. The fourth-order valence-corrected chi connectivity index (χ4v) is 1.55. The van der Waals surface area contributed by atoms with Gasteiger partial charge < -0.3 is 14.6 Å². The summed E-state index contributed by atoms with van der Waals surface area (Å²) < 4.78 is 9.91. The standard InChI is InChI=1S/C16H20O5/c1-11(2)13(17)8-9-21-16(19)7-5-12-4-6-14(18)15(10-12)20-3/h4-7,10-11,18H,8-9H2,1-3H3. The number of Topliss-reactive ketones (excluding diaryl/α,β-unsaturated/α-hetero) is 1. The van der Waals surface area contributed by atoms with Crippen LogP contribution in [0, 0.1) is 5.92 Å². The van der Waals surface area contributed by atoms with Crippen molar-refractivity contribution in [3.63, 3.8) is 0 Å². The fraction of sp³-hybridized carbons (Fsp3) is 0.375. The van der Waals surface area contributed by atoms with Gasteiger partial charge in [0.05, 0.1) is 13.7 Å². The SMILES string of the molecule is COc1cc(C=CC(=O)OCCC(=O)C(C)C)ccc1O. The topological polar surface area (TPSA) is 72.8 Å². The van der Waals surface area contributed by atoms with Crippen molar-refractivity contribution in [2.45, 2.75) is 20.3 Å². The Morgan fingerprint density at radius 2 is 2.05 bits per heavy atom. The molecule has 0 radical (unpaired) electrons. The van der Waals surface area contributed by atoms with E-state index < -0.39 is 5.97 Å². The molecular weight excluding hydrogens is 272 g/mol. The first kappa shape index (κ1) is 16.8. The molecule has 1 aromatic rings. The number of hydrogen-bond acceptors (Lipinski definition) is 5. The maximum atomic E-state index is 11.5. The number of methoxy groups -OCH3 is 1. The van der Waals surface area contributed by atoms with E-state index in [1.54, 1.807) is 18.2 Å². The molecule has 114 valence electrons. The highest BCUT2D eigenvalue weighted by Crippen LogP contribution is 2.26. The number of esters is 1. The van der Waals surface area contributed by atoms with E-state index in [9.17, 15) is 14.7 Å². The molecule has 0 aliphatic carbocycles. The molecule has 0 atom stereocenters. The monoisotopic (exact) mass is 292 g/mol. The number of ether oxygens (including phenoxy) is 2. The van der Waals surface area contributed by atoms with E-state index in [4.69, 9.17) is 9.47 Å². The van der Waals surface area contributed by atoms with E-state index in [0.29, 0.717) is 11.3 Å². The minimum Gasteiger partial charge on any atom is -0.504 e. The average molecular weight is 292 g/mol. The van der Waals surface area contributed by atoms with Gasteiger partial charge in [0.25, 0.3) is 0 Å². The molecule has 0 aliphatic rings. The number of hydrogen-bond donors (Lipinski definition) is 1. The first-order chi connectivity index (χ1) is 9.93. The van der Waals surface area contributed by atoms with Gasteiger partial charge in [-0.1, -0.05) is 19.9 Å². The molecule has 1 aromatic carbocycles. The zero-order valence-corrected chi connectivity index (χ0v) is 12.5. The molecule has 0 spiro atoms. The van der Waals surface area contributed by atoms with Crippen LogP contribution in [0.4, 0.5) is 0 Å². The molecule has 0 aromatic heterocycles. The lowest BCUT2D eigenvalue weighted by Gasteiger charge is -2.05. The van der Waals surface area contributed by atoms with Crippen molar-refractivity contribution in [2.75, 3.05) is 13.7 Å². The van der Waals surface area contributed by atoms with Crippen molar-refractivity contribution < 1.29 is 24.2 Å². The second kappa shape index (κ2) is 8.09.